The van der Waals surface area contributed by atoms with Crippen molar-refractivity contribution in [1.29, 1.82) is 0 Å². The molecule has 6 heteroatoms. The highest BCUT2D eigenvalue weighted by Crippen LogP contribution is 2.15. The number of hydrogen-bond acceptors (Lipinski definition) is 4. The molecule has 2 atom stereocenters. The first kappa shape index (κ1) is 15.8. The van der Waals surface area contributed by atoms with Crippen LogP contribution >= 0.6 is 0 Å². The standard InChI is InChI=1S/C15H26N4O2/c1-11(14(20)18-15(2,3)4)17-12-8-16-19(9-12)10-13-6-5-7-21-13/h8-9,11,13,17H,5-7,10H2,1-4H3,(H,18,20)/t11-,13-/m1/s1. The van der Waals surface area contributed by atoms with E-state index in [4.69, 9.17) is 4.74 Å². The zero-order valence-electron chi connectivity index (χ0n) is 13.3. The smallest absolute Gasteiger partial charge is 0.242 e. The molecular formula is C15H26N4O2. The van der Waals surface area contributed by atoms with Gasteiger partial charge in [0, 0.05) is 18.3 Å². The van der Waals surface area contributed by atoms with Crippen LogP contribution in [0.15, 0.2) is 12.4 Å². The van der Waals surface area contributed by atoms with Crippen LogP contribution in [0.5, 0.6) is 0 Å². The molecule has 0 spiro atoms. The largest absolute Gasteiger partial charge is 0.376 e. The van der Waals surface area contributed by atoms with E-state index in [9.17, 15) is 4.79 Å². The van der Waals surface area contributed by atoms with Gasteiger partial charge in [-0.3, -0.25) is 9.48 Å². The molecule has 0 radical (unpaired) electrons. The molecule has 0 aliphatic carbocycles. The Morgan fingerprint density at radius 2 is 2.33 bits per heavy atom. The van der Waals surface area contributed by atoms with Crippen LogP contribution in [-0.2, 0) is 16.1 Å². The quantitative estimate of drug-likeness (QED) is 0.868. The van der Waals surface area contributed by atoms with E-state index in [-0.39, 0.29) is 23.6 Å². The molecule has 1 aliphatic rings. The van der Waals surface area contributed by atoms with Gasteiger partial charge in [-0.2, -0.15) is 5.10 Å². The monoisotopic (exact) mass is 294 g/mol. The van der Waals surface area contributed by atoms with Crippen molar-refractivity contribution in [3.05, 3.63) is 12.4 Å². The Bertz CT molecular complexity index is 472. The number of hydrogen-bond donors (Lipinski definition) is 2. The Balaban J connectivity index is 1.85. The van der Waals surface area contributed by atoms with Gasteiger partial charge in [0.1, 0.15) is 6.04 Å². The number of amides is 1. The second-order valence-electron chi connectivity index (χ2n) is 6.69. The highest BCUT2D eigenvalue weighted by Gasteiger charge is 2.20. The predicted molar refractivity (Wildman–Crippen MR) is 82.2 cm³/mol. The van der Waals surface area contributed by atoms with Crippen LogP contribution in [0.1, 0.15) is 40.5 Å². The van der Waals surface area contributed by atoms with Crippen LogP contribution in [0.2, 0.25) is 0 Å². The van der Waals surface area contributed by atoms with E-state index >= 15 is 0 Å². The average molecular weight is 294 g/mol. The molecule has 1 aliphatic heterocycles. The molecule has 1 saturated heterocycles. The molecule has 21 heavy (non-hydrogen) atoms. The lowest BCUT2D eigenvalue weighted by molar-refractivity contribution is -0.122. The summed E-state index contributed by atoms with van der Waals surface area (Å²) in [5, 5.41) is 10.4. The van der Waals surface area contributed by atoms with Gasteiger partial charge in [-0.25, -0.2) is 0 Å². The minimum Gasteiger partial charge on any atom is -0.376 e. The summed E-state index contributed by atoms with van der Waals surface area (Å²) < 4.78 is 7.46. The third-order valence-corrected chi connectivity index (χ3v) is 3.32. The third kappa shape index (κ3) is 5.04. The summed E-state index contributed by atoms with van der Waals surface area (Å²) in [4.78, 5) is 12.0. The van der Waals surface area contributed by atoms with Crippen molar-refractivity contribution in [3.8, 4) is 0 Å². The molecule has 2 N–H and O–H groups in total. The summed E-state index contributed by atoms with van der Waals surface area (Å²) >= 11 is 0. The fourth-order valence-electron chi connectivity index (χ4n) is 2.33. The zero-order chi connectivity index (χ0) is 15.5. The second kappa shape index (κ2) is 6.47. The fourth-order valence-corrected chi connectivity index (χ4v) is 2.33. The van der Waals surface area contributed by atoms with Crippen LogP contribution in [0.3, 0.4) is 0 Å². The summed E-state index contributed by atoms with van der Waals surface area (Å²) in [5.41, 5.74) is 0.626. The van der Waals surface area contributed by atoms with Crippen molar-refractivity contribution in [2.45, 2.75) is 64.8 Å². The lowest BCUT2D eigenvalue weighted by Crippen LogP contribution is -2.47. The Labute approximate surface area is 126 Å². The Kier molecular flexibility index (Phi) is 4.88. The Morgan fingerprint density at radius 1 is 1.57 bits per heavy atom. The summed E-state index contributed by atoms with van der Waals surface area (Å²) in [6.07, 6.45) is 6.14. The van der Waals surface area contributed by atoms with E-state index in [1.165, 1.54) is 0 Å². The van der Waals surface area contributed by atoms with Crippen LogP contribution in [0.25, 0.3) is 0 Å². The molecule has 2 rings (SSSR count). The number of carbonyl (C=O) groups excluding carboxylic acids is 1. The van der Waals surface area contributed by atoms with Crippen molar-refractivity contribution in [2.75, 3.05) is 11.9 Å². The molecular weight excluding hydrogens is 268 g/mol. The second-order valence-corrected chi connectivity index (χ2v) is 6.69. The number of ether oxygens (including phenoxy) is 1. The van der Waals surface area contributed by atoms with Crippen molar-refractivity contribution in [2.24, 2.45) is 0 Å². The summed E-state index contributed by atoms with van der Waals surface area (Å²) in [6, 6.07) is -0.301. The maximum atomic E-state index is 12.0. The van der Waals surface area contributed by atoms with Crippen molar-refractivity contribution < 1.29 is 9.53 Å². The van der Waals surface area contributed by atoms with Crippen LogP contribution in [-0.4, -0.2) is 40.0 Å². The molecule has 2 heterocycles. The number of carbonyl (C=O) groups is 1. The molecule has 1 aromatic rings. The minimum atomic E-state index is -0.301. The Hall–Kier alpha value is -1.56. The van der Waals surface area contributed by atoms with Crippen LogP contribution in [0, 0.1) is 0 Å². The number of anilines is 1. The molecule has 0 saturated carbocycles. The molecule has 0 aromatic carbocycles. The van der Waals surface area contributed by atoms with Crippen LogP contribution in [0.4, 0.5) is 5.69 Å². The van der Waals surface area contributed by atoms with Gasteiger partial charge < -0.3 is 15.4 Å². The van der Waals surface area contributed by atoms with Crippen LogP contribution < -0.4 is 10.6 Å². The van der Waals surface area contributed by atoms with Gasteiger partial charge in [0.25, 0.3) is 0 Å². The van der Waals surface area contributed by atoms with E-state index in [0.29, 0.717) is 0 Å². The maximum absolute atomic E-state index is 12.0. The fraction of sp³-hybridized carbons (Fsp3) is 0.733. The van der Waals surface area contributed by atoms with Gasteiger partial charge >= 0.3 is 0 Å². The highest BCUT2D eigenvalue weighted by atomic mass is 16.5. The van der Waals surface area contributed by atoms with Crippen molar-refractivity contribution in [3.63, 3.8) is 0 Å². The van der Waals surface area contributed by atoms with E-state index < -0.39 is 0 Å². The molecule has 1 fully saturated rings. The lowest BCUT2D eigenvalue weighted by Gasteiger charge is -2.23. The van der Waals surface area contributed by atoms with Gasteiger partial charge in [-0.1, -0.05) is 0 Å². The number of aromatic nitrogens is 2. The average Bonchev–Trinajstić information content (AvgIpc) is 2.99. The normalized spacial score (nSPS) is 20.3. The molecule has 0 unspecified atom stereocenters. The number of rotatable bonds is 5. The first-order valence-electron chi connectivity index (χ1n) is 7.56. The summed E-state index contributed by atoms with van der Waals surface area (Å²) in [6.45, 7) is 9.37. The third-order valence-electron chi connectivity index (χ3n) is 3.32. The predicted octanol–water partition coefficient (Wildman–Crippen LogP) is 1.78. The molecule has 1 aromatic heterocycles. The van der Waals surface area contributed by atoms with Gasteiger partial charge in [-0.05, 0) is 40.5 Å². The first-order chi connectivity index (χ1) is 9.83. The number of nitrogens with zero attached hydrogens (tertiary/aromatic N) is 2. The van der Waals surface area contributed by atoms with E-state index in [1.807, 2.05) is 38.6 Å². The molecule has 6 nitrogen and oxygen atoms in total. The van der Waals surface area contributed by atoms with E-state index in [0.717, 1.165) is 31.7 Å². The zero-order valence-corrected chi connectivity index (χ0v) is 13.3. The maximum Gasteiger partial charge on any atom is 0.242 e. The molecule has 0 bridgehead atoms. The van der Waals surface area contributed by atoms with Crippen molar-refractivity contribution in [1.82, 2.24) is 15.1 Å². The van der Waals surface area contributed by atoms with Crippen molar-refractivity contribution >= 4 is 11.6 Å². The first-order valence-corrected chi connectivity index (χ1v) is 7.56. The van der Waals surface area contributed by atoms with Gasteiger partial charge in [-0.15, -0.1) is 0 Å². The van der Waals surface area contributed by atoms with Gasteiger partial charge in [0.15, 0.2) is 0 Å². The molecule has 118 valence electrons. The molecule has 1 amide bonds. The number of nitrogens with one attached hydrogen (secondary N) is 2. The van der Waals surface area contributed by atoms with E-state index in [1.54, 1.807) is 6.20 Å². The highest BCUT2D eigenvalue weighted by molar-refractivity contribution is 5.84. The summed E-state index contributed by atoms with van der Waals surface area (Å²) in [5.74, 6) is -0.0191. The lowest BCUT2D eigenvalue weighted by atomic mass is 10.1. The van der Waals surface area contributed by atoms with E-state index in [2.05, 4.69) is 15.7 Å². The summed E-state index contributed by atoms with van der Waals surface area (Å²) in [7, 11) is 0. The Morgan fingerprint density at radius 3 is 2.95 bits per heavy atom. The van der Waals surface area contributed by atoms with Gasteiger partial charge in [0.05, 0.1) is 24.5 Å². The SMILES string of the molecule is C[C@@H](Nc1cnn(C[C@H]2CCCO2)c1)C(=O)NC(C)(C)C. The minimum absolute atomic E-state index is 0.0191. The van der Waals surface area contributed by atoms with Gasteiger partial charge in [0.2, 0.25) is 5.91 Å². The topological polar surface area (TPSA) is 68.2 Å².